The molecule has 1 aliphatic carbocycles. The first-order chi connectivity index (χ1) is 5.43. The maximum atomic E-state index is 5.40. The van der Waals surface area contributed by atoms with Crippen molar-refractivity contribution in [2.24, 2.45) is 11.7 Å². The van der Waals surface area contributed by atoms with Gasteiger partial charge in [-0.05, 0) is 18.8 Å². The Morgan fingerprint density at radius 2 is 1.73 bits per heavy atom. The van der Waals surface area contributed by atoms with E-state index in [1.165, 1.54) is 38.5 Å². The van der Waals surface area contributed by atoms with Gasteiger partial charge in [-0.15, -0.1) is 0 Å². The summed E-state index contributed by atoms with van der Waals surface area (Å²) in [4.78, 5) is 0. The predicted molar refractivity (Wildman–Crippen MR) is 49.4 cm³/mol. The minimum atomic E-state index is 0.705. The molecule has 1 fully saturated rings. The highest BCUT2D eigenvalue weighted by Gasteiger charge is 2.07. The highest BCUT2D eigenvalue weighted by molar-refractivity contribution is 4.89. The molecule has 1 saturated carbocycles. The van der Waals surface area contributed by atoms with Crippen molar-refractivity contribution in [3.63, 3.8) is 0 Å². The highest BCUT2D eigenvalue weighted by Crippen LogP contribution is 2.23. The molecule has 1 aliphatic rings. The second-order valence-electron chi connectivity index (χ2n) is 3.42. The molecule has 0 aromatic heterocycles. The van der Waals surface area contributed by atoms with E-state index in [0.717, 1.165) is 5.92 Å². The monoisotopic (exact) mass is 153 g/mol. The summed E-state index contributed by atoms with van der Waals surface area (Å²) < 4.78 is 0. The van der Waals surface area contributed by atoms with Crippen LogP contribution in [0.25, 0.3) is 0 Å². The van der Waals surface area contributed by atoms with E-state index in [0.29, 0.717) is 6.54 Å². The Hall–Kier alpha value is -0.300. The predicted octanol–water partition coefficient (Wildman–Crippen LogP) is 2.47. The summed E-state index contributed by atoms with van der Waals surface area (Å²) >= 11 is 0. The van der Waals surface area contributed by atoms with E-state index in [-0.39, 0.29) is 0 Å². The van der Waals surface area contributed by atoms with E-state index in [4.69, 9.17) is 5.73 Å². The van der Waals surface area contributed by atoms with Gasteiger partial charge in [0, 0.05) is 6.54 Å². The molecule has 0 aromatic rings. The van der Waals surface area contributed by atoms with Gasteiger partial charge in [-0.1, -0.05) is 37.8 Å². The molecule has 0 radical (unpaired) electrons. The third-order valence-corrected chi connectivity index (χ3v) is 2.44. The first-order valence-corrected chi connectivity index (χ1v) is 4.80. The third-order valence-electron chi connectivity index (χ3n) is 2.44. The van der Waals surface area contributed by atoms with E-state index in [2.05, 4.69) is 12.2 Å². The standard InChI is InChI=1S/C10H19N/c11-9-5-8-10-6-3-1-2-4-7-10/h5,8,10H,1-4,6-7,9,11H2. The maximum absolute atomic E-state index is 5.40. The van der Waals surface area contributed by atoms with Crippen LogP contribution < -0.4 is 5.73 Å². The lowest BCUT2D eigenvalue weighted by molar-refractivity contribution is 0.558. The minimum Gasteiger partial charge on any atom is -0.327 e. The normalized spacial score (nSPS) is 22.3. The van der Waals surface area contributed by atoms with Gasteiger partial charge >= 0.3 is 0 Å². The summed E-state index contributed by atoms with van der Waals surface area (Å²) in [6.07, 6.45) is 12.9. The van der Waals surface area contributed by atoms with E-state index in [1.807, 2.05) is 0 Å². The van der Waals surface area contributed by atoms with Crippen molar-refractivity contribution >= 4 is 0 Å². The Morgan fingerprint density at radius 1 is 1.09 bits per heavy atom. The molecule has 2 N–H and O–H groups in total. The van der Waals surface area contributed by atoms with Crippen LogP contribution in [-0.4, -0.2) is 6.54 Å². The summed E-state index contributed by atoms with van der Waals surface area (Å²) in [5.41, 5.74) is 5.40. The van der Waals surface area contributed by atoms with Gasteiger partial charge < -0.3 is 5.73 Å². The van der Waals surface area contributed by atoms with Crippen molar-refractivity contribution in [3.8, 4) is 0 Å². The molecule has 0 saturated heterocycles. The lowest BCUT2D eigenvalue weighted by Gasteiger charge is -2.06. The second kappa shape index (κ2) is 5.36. The highest BCUT2D eigenvalue weighted by atomic mass is 14.5. The largest absolute Gasteiger partial charge is 0.327 e. The Bertz CT molecular complexity index is 110. The van der Waals surface area contributed by atoms with Crippen LogP contribution in [0.2, 0.25) is 0 Å². The van der Waals surface area contributed by atoms with Crippen molar-refractivity contribution in [1.29, 1.82) is 0 Å². The van der Waals surface area contributed by atoms with E-state index in [1.54, 1.807) is 0 Å². The van der Waals surface area contributed by atoms with Crippen molar-refractivity contribution in [1.82, 2.24) is 0 Å². The van der Waals surface area contributed by atoms with Crippen molar-refractivity contribution < 1.29 is 0 Å². The zero-order valence-electron chi connectivity index (χ0n) is 7.26. The maximum Gasteiger partial charge on any atom is 0.0106 e. The number of rotatable bonds is 2. The average molecular weight is 153 g/mol. The Kier molecular flexibility index (Phi) is 4.29. The van der Waals surface area contributed by atoms with E-state index in [9.17, 15) is 0 Å². The molecule has 0 unspecified atom stereocenters. The number of allylic oxidation sites excluding steroid dienone is 1. The van der Waals surface area contributed by atoms with Crippen LogP contribution in [0.15, 0.2) is 12.2 Å². The first-order valence-electron chi connectivity index (χ1n) is 4.80. The Labute approximate surface area is 69.7 Å². The van der Waals surface area contributed by atoms with E-state index >= 15 is 0 Å². The van der Waals surface area contributed by atoms with Gasteiger partial charge in [-0.2, -0.15) is 0 Å². The summed E-state index contributed by atoms with van der Waals surface area (Å²) in [5, 5.41) is 0. The van der Waals surface area contributed by atoms with E-state index < -0.39 is 0 Å². The fourth-order valence-corrected chi connectivity index (χ4v) is 1.77. The van der Waals surface area contributed by atoms with Gasteiger partial charge in [-0.25, -0.2) is 0 Å². The van der Waals surface area contributed by atoms with Crippen LogP contribution in [0.3, 0.4) is 0 Å². The topological polar surface area (TPSA) is 26.0 Å². The molecule has 1 rings (SSSR count). The minimum absolute atomic E-state index is 0.705. The van der Waals surface area contributed by atoms with Crippen molar-refractivity contribution in [3.05, 3.63) is 12.2 Å². The number of hydrogen-bond donors (Lipinski definition) is 1. The number of hydrogen-bond acceptors (Lipinski definition) is 1. The molecular formula is C10H19N. The molecule has 0 spiro atoms. The fraction of sp³-hybridized carbons (Fsp3) is 0.800. The molecule has 0 atom stereocenters. The Morgan fingerprint density at radius 3 is 2.27 bits per heavy atom. The van der Waals surface area contributed by atoms with Crippen LogP contribution in [0.4, 0.5) is 0 Å². The Balaban J connectivity index is 2.25. The molecule has 1 nitrogen and oxygen atoms in total. The summed E-state index contributed by atoms with van der Waals surface area (Å²) in [5.74, 6) is 0.834. The quantitative estimate of drug-likeness (QED) is 0.478. The molecule has 0 bridgehead atoms. The number of nitrogens with two attached hydrogens (primary N) is 1. The smallest absolute Gasteiger partial charge is 0.0106 e. The van der Waals surface area contributed by atoms with Crippen LogP contribution in [0, 0.1) is 5.92 Å². The zero-order valence-corrected chi connectivity index (χ0v) is 7.26. The van der Waals surface area contributed by atoms with Gasteiger partial charge in [-0.3, -0.25) is 0 Å². The molecule has 0 aromatic carbocycles. The molecule has 1 heteroatoms. The molecule has 0 heterocycles. The molecule has 11 heavy (non-hydrogen) atoms. The van der Waals surface area contributed by atoms with Crippen LogP contribution in [0.5, 0.6) is 0 Å². The van der Waals surface area contributed by atoms with Gasteiger partial charge in [0.2, 0.25) is 0 Å². The van der Waals surface area contributed by atoms with Crippen LogP contribution in [0.1, 0.15) is 38.5 Å². The first kappa shape index (κ1) is 8.79. The lowest BCUT2D eigenvalue weighted by atomic mass is 10.0. The van der Waals surface area contributed by atoms with Gasteiger partial charge in [0.15, 0.2) is 0 Å². The van der Waals surface area contributed by atoms with Gasteiger partial charge in [0.25, 0.3) is 0 Å². The molecule has 64 valence electrons. The summed E-state index contributed by atoms with van der Waals surface area (Å²) in [6.45, 7) is 0.705. The van der Waals surface area contributed by atoms with Crippen LogP contribution in [-0.2, 0) is 0 Å². The van der Waals surface area contributed by atoms with Crippen molar-refractivity contribution in [2.75, 3.05) is 6.54 Å². The molecular weight excluding hydrogens is 134 g/mol. The van der Waals surface area contributed by atoms with Crippen LogP contribution >= 0.6 is 0 Å². The summed E-state index contributed by atoms with van der Waals surface area (Å²) in [7, 11) is 0. The molecule has 0 aliphatic heterocycles. The lowest BCUT2D eigenvalue weighted by Crippen LogP contribution is -1.97. The van der Waals surface area contributed by atoms with Crippen molar-refractivity contribution in [2.45, 2.75) is 38.5 Å². The zero-order chi connectivity index (χ0) is 7.94. The average Bonchev–Trinajstić information content (AvgIpc) is 2.28. The SMILES string of the molecule is NCC=CC1CCCCCC1. The summed E-state index contributed by atoms with van der Waals surface area (Å²) in [6, 6.07) is 0. The second-order valence-corrected chi connectivity index (χ2v) is 3.42. The molecule has 0 amide bonds. The third kappa shape index (κ3) is 3.57. The van der Waals surface area contributed by atoms with Gasteiger partial charge in [0.05, 0.1) is 0 Å². The van der Waals surface area contributed by atoms with Gasteiger partial charge in [0.1, 0.15) is 0 Å². The fourth-order valence-electron chi connectivity index (χ4n) is 1.77.